The van der Waals surface area contributed by atoms with Gasteiger partial charge in [-0.15, -0.1) is 0 Å². The summed E-state index contributed by atoms with van der Waals surface area (Å²) >= 11 is 0. The first-order valence-corrected chi connectivity index (χ1v) is 8.48. The zero-order chi connectivity index (χ0) is 17.5. The van der Waals surface area contributed by atoms with Gasteiger partial charge in [-0.1, -0.05) is 30.3 Å². The molecular formula is C19H22N4O2. The van der Waals surface area contributed by atoms with Gasteiger partial charge in [0.25, 0.3) is 5.91 Å². The third-order valence-electron chi connectivity index (χ3n) is 4.36. The summed E-state index contributed by atoms with van der Waals surface area (Å²) < 4.78 is 0. The fourth-order valence-corrected chi connectivity index (χ4v) is 2.88. The van der Waals surface area contributed by atoms with E-state index in [1.54, 1.807) is 17.3 Å². The first-order valence-electron chi connectivity index (χ1n) is 8.48. The third kappa shape index (κ3) is 4.56. The Bertz CT molecular complexity index is 712. The lowest BCUT2D eigenvalue weighted by Gasteiger charge is -2.34. The Labute approximate surface area is 147 Å². The van der Waals surface area contributed by atoms with Crippen molar-refractivity contribution in [3.05, 3.63) is 59.9 Å². The van der Waals surface area contributed by atoms with E-state index in [-0.39, 0.29) is 5.91 Å². The van der Waals surface area contributed by atoms with E-state index in [2.05, 4.69) is 15.2 Å². The van der Waals surface area contributed by atoms with Crippen LogP contribution in [0.5, 0.6) is 0 Å². The van der Waals surface area contributed by atoms with Crippen molar-refractivity contribution in [3.8, 4) is 0 Å². The lowest BCUT2D eigenvalue weighted by molar-refractivity contribution is -0.118. The van der Waals surface area contributed by atoms with E-state index in [0.29, 0.717) is 25.2 Å². The molecule has 2 heterocycles. The number of carbonyl (C=O) groups is 2. The number of aromatic nitrogens is 1. The number of benzene rings is 1. The number of anilines is 1. The van der Waals surface area contributed by atoms with E-state index in [9.17, 15) is 9.59 Å². The van der Waals surface area contributed by atoms with Gasteiger partial charge in [0, 0.05) is 38.9 Å². The molecular weight excluding hydrogens is 316 g/mol. The molecule has 2 amide bonds. The maximum absolute atomic E-state index is 12.3. The van der Waals surface area contributed by atoms with Gasteiger partial charge in [-0.3, -0.25) is 14.6 Å². The second kappa shape index (κ2) is 8.28. The van der Waals surface area contributed by atoms with Gasteiger partial charge >= 0.3 is 0 Å². The number of rotatable bonds is 6. The maximum atomic E-state index is 12.3. The van der Waals surface area contributed by atoms with E-state index >= 15 is 0 Å². The number of pyridine rings is 1. The Balaban J connectivity index is 1.55. The van der Waals surface area contributed by atoms with E-state index in [1.807, 2.05) is 36.4 Å². The number of nitrogens with zero attached hydrogens (tertiary/aromatic N) is 3. The van der Waals surface area contributed by atoms with Crippen LogP contribution in [0.15, 0.2) is 48.8 Å². The number of piperazine rings is 1. The molecule has 25 heavy (non-hydrogen) atoms. The molecule has 3 rings (SSSR count). The van der Waals surface area contributed by atoms with Gasteiger partial charge in [0.2, 0.25) is 6.41 Å². The number of hydrogen-bond acceptors (Lipinski definition) is 4. The molecule has 6 heteroatoms. The average Bonchev–Trinajstić information content (AvgIpc) is 2.69. The minimum atomic E-state index is -0.114. The predicted octanol–water partition coefficient (Wildman–Crippen LogP) is 1.33. The fourth-order valence-electron chi connectivity index (χ4n) is 2.88. The summed E-state index contributed by atoms with van der Waals surface area (Å²) in [6.07, 6.45) is 5.03. The van der Waals surface area contributed by atoms with Crippen LogP contribution < -0.4 is 10.2 Å². The minimum Gasteiger partial charge on any atom is -0.367 e. The molecule has 2 aromatic rings. The molecule has 1 aromatic heterocycles. The van der Waals surface area contributed by atoms with Crippen LogP contribution in [-0.4, -0.2) is 54.9 Å². The predicted molar refractivity (Wildman–Crippen MR) is 96.6 cm³/mol. The first-order chi connectivity index (χ1) is 12.3. The number of nitrogens with one attached hydrogen (secondary N) is 1. The van der Waals surface area contributed by atoms with E-state index < -0.39 is 0 Å². The van der Waals surface area contributed by atoms with Gasteiger partial charge < -0.3 is 15.1 Å². The van der Waals surface area contributed by atoms with Crippen molar-refractivity contribution in [2.75, 3.05) is 37.6 Å². The maximum Gasteiger partial charge on any atom is 0.252 e. The highest BCUT2D eigenvalue weighted by molar-refractivity contribution is 5.94. The summed E-state index contributed by atoms with van der Waals surface area (Å²) in [6, 6.07) is 11.9. The Kier molecular flexibility index (Phi) is 5.61. The summed E-state index contributed by atoms with van der Waals surface area (Å²) in [7, 11) is 0. The SMILES string of the molecule is O=CN1CCN(c2cncc(C(=O)NCCc3ccccc3)c2)CC1. The van der Waals surface area contributed by atoms with E-state index in [4.69, 9.17) is 0 Å². The molecule has 130 valence electrons. The van der Waals surface area contributed by atoms with Crippen LogP contribution in [0, 0.1) is 0 Å². The van der Waals surface area contributed by atoms with Crippen LogP contribution >= 0.6 is 0 Å². The molecule has 0 atom stereocenters. The fraction of sp³-hybridized carbons (Fsp3) is 0.316. The van der Waals surface area contributed by atoms with Crippen molar-refractivity contribution >= 4 is 18.0 Å². The van der Waals surface area contributed by atoms with Crippen LogP contribution in [0.25, 0.3) is 0 Å². The largest absolute Gasteiger partial charge is 0.367 e. The molecule has 0 spiro atoms. The second-order valence-corrected chi connectivity index (χ2v) is 6.05. The van der Waals surface area contributed by atoms with E-state index in [0.717, 1.165) is 31.6 Å². The average molecular weight is 338 g/mol. The Morgan fingerprint density at radius 3 is 2.60 bits per heavy atom. The monoisotopic (exact) mass is 338 g/mol. The summed E-state index contributed by atoms with van der Waals surface area (Å²) in [5.74, 6) is -0.114. The number of hydrogen-bond donors (Lipinski definition) is 1. The molecule has 1 aliphatic heterocycles. The van der Waals surface area contributed by atoms with Crippen LogP contribution in [0.3, 0.4) is 0 Å². The highest BCUT2D eigenvalue weighted by atomic mass is 16.1. The van der Waals surface area contributed by atoms with Crippen molar-refractivity contribution in [1.29, 1.82) is 0 Å². The second-order valence-electron chi connectivity index (χ2n) is 6.05. The van der Waals surface area contributed by atoms with Crippen LogP contribution in [-0.2, 0) is 11.2 Å². The molecule has 1 aromatic carbocycles. The van der Waals surface area contributed by atoms with Gasteiger partial charge in [-0.05, 0) is 18.1 Å². The molecule has 1 aliphatic rings. The summed E-state index contributed by atoms with van der Waals surface area (Å²) in [6.45, 7) is 3.47. The molecule has 0 aliphatic carbocycles. The van der Waals surface area contributed by atoms with Gasteiger partial charge in [0.1, 0.15) is 0 Å². The molecule has 0 bridgehead atoms. The van der Waals surface area contributed by atoms with Gasteiger partial charge in [-0.25, -0.2) is 0 Å². The smallest absolute Gasteiger partial charge is 0.252 e. The first kappa shape index (κ1) is 17.0. The van der Waals surface area contributed by atoms with Crippen LogP contribution in [0.1, 0.15) is 15.9 Å². The lowest BCUT2D eigenvalue weighted by Crippen LogP contribution is -2.45. The van der Waals surface area contributed by atoms with Crippen molar-refractivity contribution in [2.45, 2.75) is 6.42 Å². The standard InChI is InChI=1S/C19H22N4O2/c24-15-22-8-10-23(11-9-22)18-12-17(13-20-14-18)19(25)21-7-6-16-4-2-1-3-5-16/h1-5,12-15H,6-11H2,(H,21,25). The molecule has 0 saturated carbocycles. The summed E-state index contributed by atoms with van der Waals surface area (Å²) in [5, 5.41) is 2.94. The molecule has 6 nitrogen and oxygen atoms in total. The highest BCUT2D eigenvalue weighted by Crippen LogP contribution is 2.16. The van der Waals surface area contributed by atoms with Crippen molar-refractivity contribution < 1.29 is 9.59 Å². The number of carbonyl (C=O) groups excluding carboxylic acids is 2. The van der Waals surface area contributed by atoms with E-state index in [1.165, 1.54) is 5.56 Å². The van der Waals surface area contributed by atoms with Crippen molar-refractivity contribution in [1.82, 2.24) is 15.2 Å². The van der Waals surface area contributed by atoms with Gasteiger partial charge in [0.05, 0.1) is 17.4 Å². The van der Waals surface area contributed by atoms with Crippen LogP contribution in [0.2, 0.25) is 0 Å². The Morgan fingerprint density at radius 1 is 1.12 bits per heavy atom. The molecule has 1 fully saturated rings. The summed E-state index contributed by atoms with van der Waals surface area (Å²) in [5.41, 5.74) is 2.67. The Hall–Kier alpha value is -2.89. The van der Waals surface area contributed by atoms with Crippen molar-refractivity contribution in [2.24, 2.45) is 0 Å². The lowest BCUT2D eigenvalue weighted by atomic mass is 10.1. The zero-order valence-electron chi connectivity index (χ0n) is 14.1. The van der Waals surface area contributed by atoms with Gasteiger partial charge in [0.15, 0.2) is 0 Å². The minimum absolute atomic E-state index is 0.114. The topological polar surface area (TPSA) is 65.5 Å². The molecule has 1 saturated heterocycles. The normalized spacial score (nSPS) is 14.2. The molecule has 0 radical (unpaired) electrons. The summed E-state index contributed by atoms with van der Waals surface area (Å²) in [4.78, 5) is 31.2. The van der Waals surface area contributed by atoms with Crippen molar-refractivity contribution in [3.63, 3.8) is 0 Å². The number of amides is 2. The van der Waals surface area contributed by atoms with Gasteiger partial charge in [-0.2, -0.15) is 0 Å². The zero-order valence-corrected chi connectivity index (χ0v) is 14.1. The molecule has 0 unspecified atom stereocenters. The highest BCUT2D eigenvalue weighted by Gasteiger charge is 2.17. The third-order valence-corrected chi connectivity index (χ3v) is 4.36. The van der Waals surface area contributed by atoms with Crippen LogP contribution in [0.4, 0.5) is 5.69 Å². The Morgan fingerprint density at radius 2 is 1.88 bits per heavy atom. The quantitative estimate of drug-likeness (QED) is 0.807. The molecule has 1 N–H and O–H groups in total.